The Hall–Kier alpha value is -1.58. The zero-order valence-electron chi connectivity index (χ0n) is 10.6. The average Bonchev–Trinajstić information content (AvgIpc) is 2.87. The molecule has 0 saturated heterocycles. The van der Waals surface area contributed by atoms with Gasteiger partial charge in [-0.2, -0.15) is 0 Å². The van der Waals surface area contributed by atoms with Gasteiger partial charge in [0.2, 0.25) is 0 Å². The molecule has 0 amide bonds. The molecule has 3 nitrogen and oxygen atoms in total. The molecule has 1 saturated carbocycles. The van der Waals surface area contributed by atoms with E-state index in [4.69, 9.17) is 5.73 Å². The summed E-state index contributed by atoms with van der Waals surface area (Å²) in [5, 5.41) is 0. The summed E-state index contributed by atoms with van der Waals surface area (Å²) < 4.78 is 14.0. The quantitative estimate of drug-likeness (QED) is 0.828. The van der Waals surface area contributed by atoms with E-state index in [1.807, 2.05) is 11.0 Å². The zero-order valence-corrected chi connectivity index (χ0v) is 10.6. The maximum Gasteiger partial charge on any atom is 0.196 e. The van der Waals surface area contributed by atoms with Crippen LogP contribution in [0.25, 0.3) is 0 Å². The monoisotopic (exact) mass is 247 g/mol. The summed E-state index contributed by atoms with van der Waals surface area (Å²) >= 11 is 0. The molecule has 2 atom stereocenters. The first-order chi connectivity index (χ1) is 8.65. The minimum absolute atomic E-state index is 0.105. The molecule has 0 radical (unpaired) electrons. The predicted molar refractivity (Wildman–Crippen MR) is 71.1 cm³/mol. The Morgan fingerprint density at radius 3 is 2.89 bits per heavy atom. The zero-order chi connectivity index (χ0) is 12.8. The van der Waals surface area contributed by atoms with Crippen molar-refractivity contribution in [3.8, 4) is 0 Å². The number of para-hydroxylation sites is 1. The molecule has 2 N–H and O–H groups in total. The van der Waals surface area contributed by atoms with Gasteiger partial charge in [0.05, 0.1) is 17.8 Å². The van der Waals surface area contributed by atoms with Crippen molar-refractivity contribution in [2.24, 2.45) is 16.6 Å². The first kappa shape index (κ1) is 11.5. The molecule has 1 fully saturated rings. The Kier molecular flexibility index (Phi) is 2.54. The predicted octanol–water partition coefficient (Wildman–Crippen LogP) is 2.52. The van der Waals surface area contributed by atoms with Crippen LogP contribution < -0.4 is 10.6 Å². The van der Waals surface area contributed by atoms with Gasteiger partial charge >= 0.3 is 0 Å². The molecular formula is C14H18FN3. The number of hydrogen-bond acceptors (Lipinski definition) is 3. The van der Waals surface area contributed by atoms with Gasteiger partial charge in [0.1, 0.15) is 5.82 Å². The smallest absolute Gasteiger partial charge is 0.196 e. The van der Waals surface area contributed by atoms with E-state index >= 15 is 0 Å². The van der Waals surface area contributed by atoms with Crippen molar-refractivity contribution in [2.45, 2.75) is 31.7 Å². The van der Waals surface area contributed by atoms with Crippen LogP contribution >= 0.6 is 0 Å². The summed E-state index contributed by atoms with van der Waals surface area (Å²) in [4.78, 5) is 6.30. The number of aliphatic imine (C=N–C) groups is 1. The van der Waals surface area contributed by atoms with E-state index in [1.165, 1.54) is 6.07 Å². The molecule has 2 aliphatic rings. The Balaban J connectivity index is 2.08. The third kappa shape index (κ3) is 1.44. The Labute approximate surface area is 106 Å². The molecule has 0 bridgehead atoms. The van der Waals surface area contributed by atoms with Gasteiger partial charge in [-0.25, -0.2) is 4.39 Å². The standard InChI is InChI=1S/C14H18FN3/c1-10-5-4-8-14(10)9-17-13(16)18(14)12-7-3-2-6-11(12)15/h2-3,6-7,10H,4-5,8-9H2,1H3,(H2,16,17). The number of anilines is 1. The molecule has 3 rings (SSSR count). The lowest BCUT2D eigenvalue weighted by Crippen LogP contribution is -2.54. The van der Waals surface area contributed by atoms with Crippen molar-refractivity contribution in [3.05, 3.63) is 30.1 Å². The second-order valence-corrected chi connectivity index (χ2v) is 5.36. The van der Waals surface area contributed by atoms with Gasteiger partial charge in [-0.3, -0.25) is 4.99 Å². The van der Waals surface area contributed by atoms with E-state index in [2.05, 4.69) is 11.9 Å². The first-order valence-corrected chi connectivity index (χ1v) is 6.50. The van der Waals surface area contributed by atoms with Gasteiger partial charge in [-0.1, -0.05) is 25.5 Å². The van der Waals surface area contributed by atoms with Crippen LogP contribution in [0.15, 0.2) is 29.3 Å². The van der Waals surface area contributed by atoms with E-state index in [1.54, 1.807) is 12.1 Å². The van der Waals surface area contributed by atoms with Crippen molar-refractivity contribution in [1.82, 2.24) is 0 Å². The Morgan fingerprint density at radius 2 is 2.22 bits per heavy atom. The molecular weight excluding hydrogens is 229 g/mol. The van der Waals surface area contributed by atoms with Gasteiger partial charge in [-0.05, 0) is 30.9 Å². The molecule has 1 aliphatic carbocycles. The molecule has 0 aromatic heterocycles. The topological polar surface area (TPSA) is 41.6 Å². The molecule has 1 spiro atoms. The fourth-order valence-electron chi connectivity index (χ4n) is 3.38. The third-order valence-electron chi connectivity index (χ3n) is 4.45. The van der Waals surface area contributed by atoms with E-state index in [-0.39, 0.29) is 11.4 Å². The number of nitrogens with zero attached hydrogens (tertiary/aromatic N) is 2. The largest absolute Gasteiger partial charge is 0.369 e. The van der Waals surface area contributed by atoms with Crippen LogP contribution in [-0.2, 0) is 0 Å². The molecule has 1 aromatic rings. The second-order valence-electron chi connectivity index (χ2n) is 5.36. The Bertz CT molecular complexity index is 500. The highest BCUT2D eigenvalue weighted by Crippen LogP contribution is 2.45. The van der Waals surface area contributed by atoms with Crippen molar-refractivity contribution >= 4 is 11.6 Å². The van der Waals surface area contributed by atoms with Crippen molar-refractivity contribution in [1.29, 1.82) is 0 Å². The number of hydrogen-bond donors (Lipinski definition) is 1. The SMILES string of the molecule is CC1CCCC12CN=C(N)N2c1ccccc1F. The number of rotatable bonds is 1. The van der Waals surface area contributed by atoms with Crippen molar-refractivity contribution < 1.29 is 4.39 Å². The number of halogens is 1. The van der Waals surface area contributed by atoms with Gasteiger partial charge in [0.25, 0.3) is 0 Å². The van der Waals surface area contributed by atoms with Crippen LogP contribution in [-0.4, -0.2) is 18.0 Å². The van der Waals surface area contributed by atoms with Gasteiger partial charge < -0.3 is 10.6 Å². The molecule has 1 heterocycles. The number of guanidine groups is 1. The van der Waals surface area contributed by atoms with Crippen LogP contribution in [0, 0.1) is 11.7 Å². The van der Waals surface area contributed by atoms with E-state index < -0.39 is 0 Å². The third-order valence-corrected chi connectivity index (χ3v) is 4.45. The van der Waals surface area contributed by atoms with Gasteiger partial charge in [0, 0.05) is 0 Å². The molecule has 1 aromatic carbocycles. The normalized spacial score (nSPS) is 31.1. The second kappa shape index (κ2) is 3.97. The molecule has 2 unspecified atom stereocenters. The fraction of sp³-hybridized carbons (Fsp3) is 0.500. The summed E-state index contributed by atoms with van der Waals surface area (Å²) in [5.74, 6) is 0.715. The van der Waals surface area contributed by atoms with Crippen LogP contribution in [0.4, 0.5) is 10.1 Å². The van der Waals surface area contributed by atoms with Crippen LogP contribution in [0.5, 0.6) is 0 Å². The summed E-state index contributed by atoms with van der Waals surface area (Å²) in [7, 11) is 0. The maximum atomic E-state index is 14.0. The number of nitrogens with two attached hydrogens (primary N) is 1. The fourth-order valence-corrected chi connectivity index (χ4v) is 3.38. The van der Waals surface area contributed by atoms with Gasteiger partial charge in [0.15, 0.2) is 5.96 Å². The Morgan fingerprint density at radius 1 is 1.44 bits per heavy atom. The average molecular weight is 247 g/mol. The summed E-state index contributed by atoms with van der Waals surface area (Å²) in [5.41, 5.74) is 6.46. The molecule has 96 valence electrons. The minimum atomic E-state index is -0.226. The minimum Gasteiger partial charge on any atom is -0.369 e. The van der Waals surface area contributed by atoms with Crippen LogP contribution in [0.3, 0.4) is 0 Å². The van der Waals surface area contributed by atoms with Crippen molar-refractivity contribution in [2.75, 3.05) is 11.4 Å². The summed E-state index contributed by atoms with van der Waals surface area (Å²) in [6.45, 7) is 2.91. The molecule has 4 heteroatoms. The maximum absolute atomic E-state index is 14.0. The van der Waals surface area contributed by atoms with Crippen LogP contribution in [0.2, 0.25) is 0 Å². The number of benzene rings is 1. The van der Waals surface area contributed by atoms with Crippen molar-refractivity contribution in [3.63, 3.8) is 0 Å². The lowest BCUT2D eigenvalue weighted by Gasteiger charge is -2.39. The van der Waals surface area contributed by atoms with E-state index in [0.717, 1.165) is 19.3 Å². The van der Waals surface area contributed by atoms with E-state index in [9.17, 15) is 4.39 Å². The van der Waals surface area contributed by atoms with E-state index in [0.29, 0.717) is 24.1 Å². The summed E-state index contributed by atoms with van der Waals surface area (Å²) in [6, 6.07) is 6.81. The first-order valence-electron chi connectivity index (χ1n) is 6.50. The molecule has 1 aliphatic heterocycles. The highest BCUT2D eigenvalue weighted by atomic mass is 19.1. The lowest BCUT2D eigenvalue weighted by molar-refractivity contribution is 0.362. The summed E-state index contributed by atoms with van der Waals surface area (Å²) in [6.07, 6.45) is 3.36. The highest BCUT2D eigenvalue weighted by Gasteiger charge is 2.50. The molecule has 18 heavy (non-hydrogen) atoms. The van der Waals surface area contributed by atoms with Crippen LogP contribution in [0.1, 0.15) is 26.2 Å². The van der Waals surface area contributed by atoms with Gasteiger partial charge in [-0.15, -0.1) is 0 Å². The highest BCUT2D eigenvalue weighted by molar-refractivity contribution is 5.98. The lowest BCUT2D eigenvalue weighted by atomic mass is 9.87.